The fraction of sp³-hybridized carbons (Fsp3) is 0.667. The Kier molecular flexibility index (Phi) is 6.41. The van der Waals surface area contributed by atoms with Gasteiger partial charge in [-0.1, -0.05) is 0 Å². The summed E-state index contributed by atoms with van der Waals surface area (Å²) in [6.45, 7) is 3.44. The second kappa shape index (κ2) is 7.35. The van der Waals surface area contributed by atoms with Crippen LogP contribution >= 0.6 is 11.3 Å². The molecule has 0 aliphatic heterocycles. The molecule has 0 radical (unpaired) electrons. The lowest BCUT2D eigenvalue weighted by Crippen LogP contribution is -2.34. The molecule has 0 aliphatic carbocycles. The number of rotatable bonds is 8. The van der Waals surface area contributed by atoms with Crippen LogP contribution in [0.2, 0.25) is 0 Å². The van der Waals surface area contributed by atoms with E-state index in [1.807, 2.05) is 39.0 Å². The SMILES string of the molecule is CNCc1ccc(S(=O)(=O)NC(C)CCN(C)C)s1. The smallest absolute Gasteiger partial charge is 0.250 e. The molecule has 1 unspecified atom stereocenters. The molecule has 0 saturated heterocycles. The highest BCUT2D eigenvalue weighted by Crippen LogP contribution is 2.21. The zero-order valence-corrected chi connectivity index (χ0v) is 13.6. The Balaban J connectivity index is 2.64. The monoisotopic (exact) mass is 305 g/mol. The molecular weight excluding hydrogens is 282 g/mol. The van der Waals surface area contributed by atoms with Gasteiger partial charge in [-0.3, -0.25) is 0 Å². The topological polar surface area (TPSA) is 61.4 Å². The van der Waals surface area contributed by atoms with Crippen LogP contribution in [0.3, 0.4) is 0 Å². The Hall–Kier alpha value is -0.470. The number of hydrogen-bond donors (Lipinski definition) is 2. The van der Waals surface area contributed by atoms with Gasteiger partial charge in [-0.25, -0.2) is 13.1 Å². The lowest BCUT2D eigenvalue weighted by atomic mass is 10.2. The van der Waals surface area contributed by atoms with Crippen molar-refractivity contribution in [3.8, 4) is 0 Å². The van der Waals surface area contributed by atoms with Crippen LogP contribution in [0.15, 0.2) is 16.3 Å². The van der Waals surface area contributed by atoms with Gasteiger partial charge in [-0.05, 0) is 53.2 Å². The molecule has 1 aromatic heterocycles. The molecule has 1 atom stereocenters. The predicted molar refractivity (Wildman–Crippen MR) is 80.0 cm³/mol. The van der Waals surface area contributed by atoms with Crippen molar-refractivity contribution in [2.75, 3.05) is 27.7 Å². The van der Waals surface area contributed by atoms with E-state index < -0.39 is 10.0 Å². The van der Waals surface area contributed by atoms with E-state index >= 15 is 0 Å². The van der Waals surface area contributed by atoms with Gasteiger partial charge in [-0.2, -0.15) is 0 Å². The summed E-state index contributed by atoms with van der Waals surface area (Å²) in [6.07, 6.45) is 0.793. The highest BCUT2D eigenvalue weighted by Gasteiger charge is 2.19. The second-order valence-corrected chi connectivity index (χ2v) is 7.97. The number of hydrogen-bond acceptors (Lipinski definition) is 5. The minimum Gasteiger partial charge on any atom is -0.315 e. The van der Waals surface area contributed by atoms with E-state index in [9.17, 15) is 8.42 Å². The van der Waals surface area contributed by atoms with Crippen LogP contribution in [0.1, 0.15) is 18.2 Å². The zero-order valence-electron chi connectivity index (χ0n) is 11.9. The Bertz CT molecular complexity index is 483. The predicted octanol–water partition coefficient (Wildman–Crippen LogP) is 1.09. The molecule has 0 saturated carbocycles. The molecule has 1 aromatic rings. The summed E-state index contributed by atoms with van der Waals surface area (Å²) in [5.41, 5.74) is 0. The molecule has 1 heterocycles. The first kappa shape index (κ1) is 16.6. The molecule has 5 nitrogen and oxygen atoms in total. The van der Waals surface area contributed by atoms with Crippen molar-refractivity contribution in [3.63, 3.8) is 0 Å². The Labute approximate surface area is 120 Å². The van der Waals surface area contributed by atoms with E-state index in [0.29, 0.717) is 10.8 Å². The molecule has 0 amide bonds. The summed E-state index contributed by atoms with van der Waals surface area (Å²) in [5.74, 6) is 0. The maximum absolute atomic E-state index is 12.2. The Morgan fingerprint density at radius 1 is 1.37 bits per heavy atom. The Morgan fingerprint density at radius 3 is 2.63 bits per heavy atom. The molecule has 0 bridgehead atoms. The van der Waals surface area contributed by atoms with E-state index in [4.69, 9.17) is 0 Å². The van der Waals surface area contributed by atoms with Gasteiger partial charge in [0, 0.05) is 17.5 Å². The van der Waals surface area contributed by atoms with Crippen molar-refractivity contribution in [3.05, 3.63) is 17.0 Å². The molecule has 2 N–H and O–H groups in total. The summed E-state index contributed by atoms with van der Waals surface area (Å²) < 4.78 is 27.4. The van der Waals surface area contributed by atoms with Crippen molar-refractivity contribution >= 4 is 21.4 Å². The maximum atomic E-state index is 12.2. The summed E-state index contributed by atoms with van der Waals surface area (Å²) in [5, 5.41) is 3.01. The molecule has 0 aromatic carbocycles. The van der Waals surface area contributed by atoms with E-state index in [1.165, 1.54) is 11.3 Å². The van der Waals surface area contributed by atoms with E-state index in [-0.39, 0.29) is 6.04 Å². The first-order chi connectivity index (χ1) is 8.85. The van der Waals surface area contributed by atoms with Gasteiger partial charge in [0.1, 0.15) is 4.21 Å². The van der Waals surface area contributed by atoms with Crippen molar-refractivity contribution in [2.45, 2.75) is 30.1 Å². The van der Waals surface area contributed by atoms with Gasteiger partial charge in [0.25, 0.3) is 0 Å². The van der Waals surface area contributed by atoms with Crippen LogP contribution in [0.25, 0.3) is 0 Å². The third-order valence-corrected chi connectivity index (χ3v) is 5.79. The van der Waals surface area contributed by atoms with Crippen LogP contribution in [-0.4, -0.2) is 47.0 Å². The lowest BCUT2D eigenvalue weighted by Gasteiger charge is -2.16. The van der Waals surface area contributed by atoms with Crippen molar-refractivity contribution in [1.82, 2.24) is 14.9 Å². The molecule has 7 heteroatoms. The minimum atomic E-state index is -3.38. The lowest BCUT2D eigenvalue weighted by molar-refractivity contribution is 0.379. The standard InChI is InChI=1S/C12H23N3O2S2/c1-10(7-8-15(3)4)14-19(16,17)12-6-5-11(18-12)9-13-2/h5-6,10,13-14H,7-9H2,1-4H3. The van der Waals surface area contributed by atoms with Gasteiger partial charge >= 0.3 is 0 Å². The normalized spacial score (nSPS) is 13.9. The first-order valence-electron chi connectivity index (χ1n) is 6.25. The average Bonchev–Trinajstić information content (AvgIpc) is 2.76. The van der Waals surface area contributed by atoms with Crippen LogP contribution in [-0.2, 0) is 16.6 Å². The quantitative estimate of drug-likeness (QED) is 0.755. The van der Waals surface area contributed by atoms with Gasteiger partial charge in [0.15, 0.2) is 0 Å². The fourth-order valence-electron chi connectivity index (χ4n) is 1.61. The molecule has 0 fully saturated rings. The van der Waals surface area contributed by atoms with Crippen LogP contribution in [0.5, 0.6) is 0 Å². The van der Waals surface area contributed by atoms with E-state index in [2.05, 4.69) is 10.0 Å². The van der Waals surface area contributed by atoms with Gasteiger partial charge in [0.2, 0.25) is 10.0 Å². The molecule has 1 rings (SSSR count). The molecule has 0 aliphatic rings. The van der Waals surface area contributed by atoms with Crippen LogP contribution < -0.4 is 10.0 Å². The largest absolute Gasteiger partial charge is 0.315 e. The maximum Gasteiger partial charge on any atom is 0.250 e. The second-order valence-electron chi connectivity index (χ2n) is 4.87. The summed E-state index contributed by atoms with van der Waals surface area (Å²) >= 11 is 1.31. The van der Waals surface area contributed by atoms with Crippen molar-refractivity contribution < 1.29 is 8.42 Å². The molecule has 110 valence electrons. The summed E-state index contributed by atoms with van der Waals surface area (Å²) in [6, 6.07) is 3.45. The number of sulfonamides is 1. The third kappa shape index (κ3) is 5.58. The summed E-state index contributed by atoms with van der Waals surface area (Å²) in [7, 11) is 2.41. The van der Waals surface area contributed by atoms with E-state index in [1.54, 1.807) is 6.07 Å². The van der Waals surface area contributed by atoms with Crippen molar-refractivity contribution in [1.29, 1.82) is 0 Å². The molecular formula is C12H23N3O2S2. The number of thiophene rings is 1. The molecule has 19 heavy (non-hydrogen) atoms. The first-order valence-corrected chi connectivity index (χ1v) is 8.55. The van der Waals surface area contributed by atoms with Gasteiger partial charge in [0.05, 0.1) is 0 Å². The minimum absolute atomic E-state index is 0.0674. The number of nitrogens with zero attached hydrogens (tertiary/aromatic N) is 1. The van der Waals surface area contributed by atoms with Crippen LogP contribution in [0, 0.1) is 0 Å². The zero-order chi connectivity index (χ0) is 14.5. The van der Waals surface area contributed by atoms with Crippen LogP contribution in [0.4, 0.5) is 0 Å². The summed E-state index contributed by atoms with van der Waals surface area (Å²) in [4.78, 5) is 3.06. The average molecular weight is 305 g/mol. The molecule has 0 spiro atoms. The van der Waals surface area contributed by atoms with Gasteiger partial charge < -0.3 is 10.2 Å². The fourth-order valence-corrected chi connectivity index (χ4v) is 4.27. The van der Waals surface area contributed by atoms with Gasteiger partial charge in [-0.15, -0.1) is 11.3 Å². The van der Waals surface area contributed by atoms with Crippen molar-refractivity contribution in [2.24, 2.45) is 0 Å². The van der Waals surface area contributed by atoms with E-state index in [0.717, 1.165) is 17.8 Å². The Morgan fingerprint density at radius 2 is 2.05 bits per heavy atom. The highest BCUT2D eigenvalue weighted by molar-refractivity contribution is 7.91. The number of nitrogens with one attached hydrogen (secondary N) is 2. The highest BCUT2D eigenvalue weighted by atomic mass is 32.2. The third-order valence-electron chi connectivity index (χ3n) is 2.62.